The number of aliphatic hydroxyl groups is 7. The number of ether oxygens (including phenoxy) is 2. The molecule has 0 aliphatic carbocycles. The maximum atomic E-state index is 12.7. The molecule has 40 heavy (non-hydrogen) atoms. The highest BCUT2D eigenvalue weighted by Crippen LogP contribution is 2.23. The van der Waals surface area contributed by atoms with Gasteiger partial charge in [-0.05, 0) is 32.1 Å². The largest absolute Gasteiger partial charge is 0.394 e. The number of hydrogen-bond donors (Lipinski definition) is 8. The van der Waals surface area contributed by atoms with E-state index in [4.69, 9.17) is 9.47 Å². The van der Waals surface area contributed by atoms with E-state index in [1.54, 1.807) is 0 Å². The molecule has 0 bridgehead atoms. The van der Waals surface area contributed by atoms with Gasteiger partial charge in [-0.3, -0.25) is 4.79 Å². The Balaban J connectivity index is 2.69. The Morgan fingerprint density at radius 2 is 1.48 bits per heavy atom. The van der Waals surface area contributed by atoms with Crippen molar-refractivity contribution >= 4 is 5.91 Å². The first kappa shape index (κ1) is 36.9. The molecule has 11 heteroatoms. The van der Waals surface area contributed by atoms with Gasteiger partial charge in [-0.1, -0.05) is 77.4 Å². The highest BCUT2D eigenvalue weighted by Gasteiger charge is 2.44. The SMILES string of the molecule is CCCC/C=C\CCCCCC(O)C(=O)NC(COC1OC(CO)C(O)C(O)C1O)C(O)C(O)CCCCCC. The Kier molecular flexibility index (Phi) is 19.9. The normalized spacial score (nSPS) is 26.5. The Morgan fingerprint density at radius 1 is 0.850 bits per heavy atom. The van der Waals surface area contributed by atoms with Crippen LogP contribution in [0.15, 0.2) is 12.2 Å². The number of aliphatic hydroxyl groups excluding tert-OH is 7. The fraction of sp³-hybridized carbons (Fsp3) is 0.897. The molecule has 0 saturated carbocycles. The number of hydrogen-bond acceptors (Lipinski definition) is 10. The lowest BCUT2D eigenvalue weighted by molar-refractivity contribution is -0.303. The van der Waals surface area contributed by atoms with E-state index in [0.717, 1.165) is 44.9 Å². The molecule has 1 rings (SSSR count). The van der Waals surface area contributed by atoms with Crippen molar-refractivity contribution in [3.05, 3.63) is 12.2 Å². The Morgan fingerprint density at radius 3 is 2.12 bits per heavy atom. The molecule has 8 N–H and O–H groups in total. The summed E-state index contributed by atoms with van der Waals surface area (Å²) in [7, 11) is 0. The molecule has 0 aromatic carbocycles. The van der Waals surface area contributed by atoms with Crippen LogP contribution in [0.3, 0.4) is 0 Å². The zero-order valence-electron chi connectivity index (χ0n) is 24.3. The summed E-state index contributed by atoms with van der Waals surface area (Å²) in [5.41, 5.74) is 0. The first-order valence-electron chi connectivity index (χ1n) is 15.1. The van der Waals surface area contributed by atoms with Crippen molar-refractivity contribution in [1.29, 1.82) is 0 Å². The fourth-order valence-electron chi connectivity index (χ4n) is 4.59. The Labute approximate surface area is 239 Å². The van der Waals surface area contributed by atoms with Crippen molar-refractivity contribution in [3.8, 4) is 0 Å². The average Bonchev–Trinajstić information content (AvgIpc) is 2.95. The molecule has 1 aliphatic rings. The number of allylic oxidation sites excluding steroid dienone is 2. The van der Waals surface area contributed by atoms with Gasteiger partial charge in [-0.15, -0.1) is 0 Å². The molecule has 1 aliphatic heterocycles. The van der Waals surface area contributed by atoms with Gasteiger partial charge in [0.05, 0.1) is 25.4 Å². The molecule has 9 atom stereocenters. The van der Waals surface area contributed by atoms with Gasteiger partial charge in [0.1, 0.15) is 36.6 Å². The van der Waals surface area contributed by atoms with Gasteiger partial charge in [0.15, 0.2) is 6.29 Å². The van der Waals surface area contributed by atoms with E-state index in [2.05, 4.69) is 31.3 Å². The second-order valence-electron chi connectivity index (χ2n) is 10.8. The molecular formula is C29H55NO10. The predicted octanol–water partition coefficient (Wildman–Crippen LogP) is 1.04. The molecular weight excluding hydrogens is 522 g/mol. The van der Waals surface area contributed by atoms with E-state index in [0.29, 0.717) is 19.3 Å². The van der Waals surface area contributed by atoms with Crippen LogP contribution in [0, 0.1) is 0 Å². The van der Waals surface area contributed by atoms with Gasteiger partial charge in [0, 0.05) is 0 Å². The molecule has 1 amide bonds. The number of amides is 1. The van der Waals surface area contributed by atoms with E-state index >= 15 is 0 Å². The third kappa shape index (κ3) is 13.7. The summed E-state index contributed by atoms with van der Waals surface area (Å²) in [6, 6.07) is -1.16. The van der Waals surface area contributed by atoms with Gasteiger partial charge in [0.25, 0.3) is 0 Å². The van der Waals surface area contributed by atoms with Crippen LogP contribution in [-0.4, -0.2) is 110 Å². The summed E-state index contributed by atoms with van der Waals surface area (Å²) in [4.78, 5) is 12.7. The minimum Gasteiger partial charge on any atom is -0.394 e. The minimum atomic E-state index is -1.66. The molecule has 1 saturated heterocycles. The summed E-state index contributed by atoms with van der Waals surface area (Å²) < 4.78 is 10.9. The topological polar surface area (TPSA) is 189 Å². The van der Waals surface area contributed by atoms with Gasteiger partial charge in [-0.2, -0.15) is 0 Å². The lowest BCUT2D eigenvalue weighted by Gasteiger charge is -2.40. The van der Waals surface area contributed by atoms with Crippen LogP contribution in [0.2, 0.25) is 0 Å². The lowest BCUT2D eigenvalue weighted by Crippen LogP contribution is -2.60. The van der Waals surface area contributed by atoms with Crippen LogP contribution in [0.5, 0.6) is 0 Å². The maximum Gasteiger partial charge on any atom is 0.249 e. The third-order valence-electron chi connectivity index (χ3n) is 7.32. The number of rotatable bonds is 22. The molecule has 1 heterocycles. The molecule has 0 spiro atoms. The molecule has 0 aromatic heterocycles. The summed E-state index contributed by atoms with van der Waals surface area (Å²) in [5, 5.41) is 74.0. The average molecular weight is 578 g/mol. The van der Waals surface area contributed by atoms with Gasteiger partial charge in [-0.25, -0.2) is 0 Å². The summed E-state index contributed by atoms with van der Waals surface area (Å²) in [5.74, 6) is -0.723. The highest BCUT2D eigenvalue weighted by atomic mass is 16.7. The number of carbonyl (C=O) groups is 1. The van der Waals surface area contributed by atoms with Crippen molar-refractivity contribution in [2.75, 3.05) is 13.2 Å². The van der Waals surface area contributed by atoms with Crippen molar-refractivity contribution in [2.45, 2.75) is 152 Å². The second-order valence-corrected chi connectivity index (χ2v) is 10.8. The van der Waals surface area contributed by atoms with E-state index < -0.39 is 74.2 Å². The van der Waals surface area contributed by atoms with E-state index in [1.165, 1.54) is 12.8 Å². The van der Waals surface area contributed by atoms with Crippen LogP contribution in [0.4, 0.5) is 0 Å². The number of nitrogens with one attached hydrogen (secondary N) is 1. The van der Waals surface area contributed by atoms with Gasteiger partial charge < -0.3 is 50.5 Å². The van der Waals surface area contributed by atoms with Crippen molar-refractivity contribution in [1.82, 2.24) is 5.32 Å². The Bertz CT molecular complexity index is 679. The fourth-order valence-corrected chi connectivity index (χ4v) is 4.59. The third-order valence-corrected chi connectivity index (χ3v) is 7.32. The number of carbonyl (C=O) groups excluding carboxylic acids is 1. The van der Waals surface area contributed by atoms with Gasteiger partial charge in [0.2, 0.25) is 5.91 Å². The number of unbranched alkanes of at least 4 members (excludes halogenated alkanes) is 8. The molecule has 9 unspecified atom stereocenters. The van der Waals surface area contributed by atoms with Gasteiger partial charge >= 0.3 is 0 Å². The molecule has 0 radical (unpaired) electrons. The van der Waals surface area contributed by atoms with Crippen molar-refractivity contribution in [3.63, 3.8) is 0 Å². The van der Waals surface area contributed by atoms with Crippen LogP contribution in [-0.2, 0) is 14.3 Å². The Hall–Kier alpha value is -1.15. The molecule has 1 fully saturated rings. The standard InChI is InChI=1S/C29H55NO10/c1-3-5-7-9-10-11-12-13-15-17-22(33)28(38)30-20(24(34)21(32)16-14-8-6-4-2)19-39-29-27(37)26(36)25(35)23(18-31)40-29/h9-10,20-27,29,31-37H,3-8,11-19H2,1-2H3,(H,30,38)/b10-9-. The maximum absolute atomic E-state index is 12.7. The molecule has 236 valence electrons. The molecule has 0 aromatic rings. The predicted molar refractivity (Wildman–Crippen MR) is 150 cm³/mol. The van der Waals surface area contributed by atoms with Crippen LogP contribution < -0.4 is 5.32 Å². The first-order chi connectivity index (χ1) is 19.2. The van der Waals surface area contributed by atoms with Crippen LogP contribution >= 0.6 is 0 Å². The first-order valence-corrected chi connectivity index (χ1v) is 15.1. The highest BCUT2D eigenvalue weighted by molar-refractivity contribution is 5.80. The monoisotopic (exact) mass is 577 g/mol. The van der Waals surface area contributed by atoms with E-state index in [-0.39, 0.29) is 6.42 Å². The van der Waals surface area contributed by atoms with E-state index in [1.807, 2.05) is 0 Å². The molecule has 11 nitrogen and oxygen atoms in total. The minimum absolute atomic E-state index is 0.237. The van der Waals surface area contributed by atoms with E-state index in [9.17, 15) is 40.5 Å². The van der Waals surface area contributed by atoms with Crippen LogP contribution in [0.1, 0.15) is 97.3 Å². The summed E-state index contributed by atoms with van der Waals surface area (Å²) in [6.07, 6.45) is 3.82. The lowest BCUT2D eigenvalue weighted by atomic mass is 9.98. The quantitative estimate of drug-likeness (QED) is 0.0682. The van der Waals surface area contributed by atoms with Crippen molar-refractivity contribution in [2.24, 2.45) is 0 Å². The van der Waals surface area contributed by atoms with Crippen LogP contribution in [0.25, 0.3) is 0 Å². The summed E-state index contributed by atoms with van der Waals surface area (Å²) >= 11 is 0. The zero-order chi connectivity index (χ0) is 29.9. The zero-order valence-corrected chi connectivity index (χ0v) is 24.3. The second kappa shape index (κ2) is 21.5. The smallest absolute Gasteiger partial charge is 0.249 e. The van der Waals surface area contributed by atoms with Crippen molar-refractivity contribution < 1.29 is 50.0 Å². The summed E-state index contributed by atoms with van der Waals surface area (Å²) in [6.45, 7) is 3.15.